The molecule has 2 saturated heterocycles. The highest BCUT2D eigenvalue weighted by molar-refractivity contribution is 6.31. The lowest BCUT2D eigenvalue weighted by atomic mass is 9.49. The molecule has 0 radical (unpaired) electrons. The average Bonchev–Trinajstić information content (AvgIpc) is 3.74. The number of halogens is 1. The first kappa shape index (κ1) is 35.6. The van der Waals surface area contributed by atoms with Crippen LogP contribution in [0.25, 0.3) is 0 Å². The maximum absolute atomic E-state index is 13.7. The molecule has 1 aromatic carbocycles. The normalized spacial score (nSPS) is 29.4. The number of pyridine rings is 1. The highest BCUT2D eigenvalue weighted by atomic mass is 35.5. The van der Waals surface area contributed by atoms with Gasteiger partial charge in [0.15, 0.2) is 0 Å². The van der Waals surface area contributed by atoms with Crippen molar-refractivity contribution in [1.82, 2.24) is 19.7 Å². The zero-order valence-electron chi connectivity index (χ0n) is 31.0. The number of amides is 2. The molecule has 2 aliphatic carbocycles. The molecule has 51 heavy (non-hydrogen) atoms. The summed E-state index contributed by atoms with van der Waals surface area (Å²) in [5.74, 6) is 8.91. The number of nitrogens with zero attached hydrogens (tertiary/aromatic N) is 5. The second-order valence-electron chi connectivity index (χ2n) is 17.6. The fourth-order valence-corrected chi connectivity index (χ4v) is 10.3. The van der Waals surface area contributed by atoms with Gasteiger partial charge in [0, 0.05) is 61.1 Å². The van der Waals surface area contributed by atoms with Gasteiger partial charge in [-0.25, -0.2) is 9.78 Å². The van der Waals surface area contributed by atoms with Crippen molar-refractivity contribution in [3.8, 4) is 23.7 Å². The van der Waals surface area contributed by atoms with E-state index in [1.807, 2.05) is 42.7 Å². The number of benzene rings is 1. The van der Waals surface area contributed by atoms with Crippen LogP contribution in [0.2, 0.25) is 5.02 Å². The zero-order valence-corrected chi connectivity index (χ0v) is 31.7. The van der Waals surface area contributed by atoms with Crippen molar-refractivity contribution in [3.63, 3.8) is 0 Å². The van der Waals surface area contributed by atoms with Gasteiger partial charge in [0.1, 0.15) is 29.2 Å². The highest BCUT2D eigenvalue weighted by Crippen LogP contribution is 2.59. The van der Waals surface area contributed by atoms with Crippen LogP contribution in [0, 0.1) is 51.8 Å². The van der Waals surface area contributed by atoms with Gasteiger partial charge in [-0.2, -0.15) is 5.26 Å². The van der Waals surface area contributed by atoms with E-state index in [-0.39, 0.29) is 35.0 Å². The lowest BCUT2D eigenvalue weighted by molar-refractivity contribution is -0.199. The monoisotopic (exact) mass is 711 g/mol. The molecule has 10 heteroatoms. The van der Waals surface area contributed by atoms with E-state index < -0.39 is 5.60 Å². The number of nitriles is 1. The Balaban J connectivity index is 0.925. The minimum atomic E-state index is -0.461. The number of carbonyl (C=O) groups excluding carboxylic acids is 2. The van der Waals surface area contributed by atoms with Gasteiger partial charge < -0.3 is 19.3 Å². The molecule has 1 aromatic heterocycles. The van der Waals surface area contributed by atoms with E-state index in [9.17, 15) is 14.9 Å². The van der Waals surface area contributed by atoms with Crippen LogP contribution in [0.15, 0.2) is 30.3 Å². The maximum atomic E-state index is 13.7. The first-order chi connectivity index (χ1) is 24.0. The van der Waals surface area contributed by atoms with Crippen LogP contribution in [-0.2, 0) is 11.3 Å². The minimum Gasteiger partial charge on any atom is -0.489 e. The topological polar surface area (TPSA) is 99.0 Å². The van der Waals surface area contributed by atoms with E-state index in [1.54, 1.807) is 18.2 Å². The molecule has 0 spiro atoms. The Morgan fingerprint density at radius 2 is 1.65 bits per heavy atom. The second-order valence-corrected chi connectivity index (χ2v) is 18.0. The number of carbonyl (C=O) groups is 2. The van der Waals surface area contributed by atoms with Crippen LogP contribution in [-0.4, -0.2) is 81.7 Å². The van der Waals surface area contributed by atoms with E-state index in [0.29, 0.717) is 52.2 Å². The first-order valence-corrected chi connectivity index (χ1v) is 18.8. The molecule has 2 saturated carbocycles. The molecule has 7 rings (SSSR count). The summed E-state index contributed by atoms with van der Waals surface area (Å²) in [7, 11) is 0. The van der Waals surface area contributed by atoms with Crippen molar-refractivity contribution in [2.45, 2.75) is 104 Å². The minimum absolute atomic E-state index is 0.00458. The Morgan fingerprint density at radius 1 is 0.980 bits per heavy atom. The van der Waals surface area contributed by atoms with Crippen molar-refractivity contribution >= 4 is 23.6 Å². The molecule has 9 nitrogen and oxygen atoms in total. The lowest BCUT2D eigenvalue weighted by Crippen LogP contribution is -2.74. The van der Waals surface area contributed by atoms with Crippen LogP contribution < -0.4 is 4.74 Å². The molecule has 2 atom stereocenters. The summed E-state index contributed by atoms with van der Waals surface area (Å²) in [6.07, 6.45) is 4.10. The molecule has 5 aliphatic rings. The number of likely N-dealkylation sites (tertiary alicyclic amines) is 2. The average molecular weight is 712 g/mol. The number of fused-ring (bicyclic) bond motifs is 2. The molecule has 4 fully saturated rings. The number of hydrogen-bond acceptors (Lipinski definition) is 7. The van der Waals surface area contributed by atoms with Gasteiger partial charge in [-0.1, -0.05) is 45.2 Å². The third-order valence-corrected chi connectivity index (χ3v) is 12.3. The molecule has 270 valence electrons. The van der Waals surface area contributed by atoms with Crippen LogP contribution in [0.4, 0.5) is 4.79 Å². The second kappa shape index (κ2) is 13.0. The summed E-state index contributed by atoms with van der Waals surface area (Å²) in [6.45, 7) is 18.5. The van der Waals surface area contributed by atoms with Gasteiger partial charge >= 0.3 is 6.09 Å². The summed E-state index contributed by atoms with van der Waals surface area (Å²) in [6, 6.07) is 11.5. The Bertz CT molecular complexity index is 1800. The number of hydrogen-bond donors (Lipinski definition) is 0. The predicted octanol–water partition coefficient (Wildman–Crippen LogP) is 7.15. The molecule has 2 amide bonds. The van der Waals surface area contributed by atoms with Crippen molar-refractivity contribution in [2.75, 3.05) is 26.2 Å². The summed E-state index contributed by atoms with van der Waals surface area (Å²) in [4.78, 5) is 37.7. The van der Waals surface area contributed by atoms with Crippen molar-refractivity contribution in [3.05, 3.63) is 57.9 Å². The van der Waals surface area contributed by atoms with Gasteiger partial charge in [-0.05, 0) is 88.5 Å². The van der Waals surface area contributed by atoms with Crippen LogP contribution in [0.3, 0.4) is 0 Å². The highest BCUT2D eigenvalue weighted by Gasteiger charge is 2.67. The lowest BCUT2D eigenvalue weighted by Gasteiger charge is -2.65. The van der Waals surface area contributed by atoms with Gasteiger partial charge in [0.25, 0.3) is 5.91 Å². The maximum Gasteiger partial charge on any atom is 0.410 e. The van der Waals surface area contributed by atoms with Crippen LogP contribution in [0.5, 0.6) is 5.75 Å². The van der Waals surface area contributed by atoms with E-state index in [4.69, 9.17) is 26.1 Å². The zero-order chi connectivity index (χ0) is 36.5. The third-order valence-electron chi connectivity index (χ3n) is 12.0. The Labute approximate surface area is 307 Å². The van der Waals surface area contributed by atoms with Gasteiger partial charge in [0.2, 0.25) is 0 Å². The molecule has 2 unspecified atom stereocenters. The Kier molecular flexibility index (Phi) is 9.08. The standard InChI is InChI=1S/C41H50ClN5O4/c1-39(2,3)51-38(49)46-22-27-20-45(21-28(27)23-46)30-14-9-25(10-15-30)8-12-29-13-17-32-34(44-29)24-47(35(32)48)36-40(4,5)37(41(36,6)7)50-31-16-11-26(19-43)33(42)18-31/h11,13,16-18,25,27-28,30,36-37H,9-10,14-15,20-24H2,1-7H3. The molecular weight excluding hydrogens is 662 g/mol. The third kappa shape index (κ3) is 6.69. The Morgan fingerprint density at radius 3 is 2.25 bits per heavy atom. The fourth-order valence-electron chi connectivity index (χ4n) is 10.1. The number of ether oxygens (including phenoxy) is 2. The summed E-state index contributed by atoms with van der Waals surface area (Å²) < 4.78 is 12.1. The van der Waals surface area contributed by atoms with Gasteiger partial charge in [-0.3, -0.25) is 9.69 Å². The molecule has 4 heterocycles. The molecular formula is C41H50ClN5O4. The van der Waals surface area contributed by atoms with Crippen LogP contribution in [0.1, 0.15) is 101 Å². The van der Waals surface area contributed by atoms with E-state index in [0.717, 1.165) is 63.3 Å². The summed E-state index contributed by atoms with van der Waals surface area (Å²) in [5, 5.41) is 9.61. The number of rotatable bonds is 4. The van der Waals surface area contributed by atoms with Crippen LogP contribution >= 0.6 is 11.6 Å². The first-order valence-electron chi connectivity index (χ1n) is 18.5. The van der Waals surface area contributed by atoms with Gasteiger partial charge in [0.05, 0.1) is 28.4 Å². The smallest absolute Gasteiger partial charge is 0.410 e. The van der Waals surface area contributed by atoms with E-state index in [1.165, 1.54) is 0 Å². The van der Waals surface area contributed by atoms with Crippen molar-refractivity contribution in [1.29, 1.82) is 5.26 Å². The molecule has 3 aliphatic heterocycles. The summed E-state index contributed by atoms with van der Waals surface area (Å²) in [5.41, 5.74) is 1.44. The molecule has 2 aromatic rings. The summed E-state index contributed by atoms with van der Waals surface area (Å²) >= 11 is 6.28. The SMILES string of the molecule is CC(C)(C)OC(=O)N1CC2CN(C3CCC(C#Cc4ccc5c(n4)CN(C4C(C)(C)C(Oc6ccc(C#N)c(Cl)c6)C4(C)C)C5=O)CC3)CC2C1. The van der Waals surface area contributed by atoms with E-state index >= 15 is 0 Å². The quantitative estimate of drug-likeness (QED) is 0.311. The number of aromatic nitrogens is 1. The van der Waals surface area contributed by atoms with Gasteiger partial charge in [-0.15, -0.1) is 0 Å². The van der Waals surface area contributed by atoms with Crippen molar-refractivity contribution < 1.29 is 19.1 Å². The Hall–Kier alpha value is -3.79. The predicted molar refractivity (Wildman–Crippen MR) is 195 cm³/mol. The van der Waals surface area contributed by atoms with Crippen molar-refractivity contribution in [2.24, 2.45) is 28.6 Å². The molecule has 0 N–H and O–H groups in total. The van der Waals surface area contributed by atoms with E-state index in [2.05, 4.69) is 50.5 Å². The fraction of sp³-hybridized carbons (Fsp3) is 0.610. The molecule has 0 bridgehead atoms. The largest absolute Gasteiger partial charge is 0.489 e.